The van der Waals surface area contributed by atoms with E-state index in [2.05, 4.69) is 15.3 Å². The lowest BCUT2D eigenvalue weighted by atomic mass is 10.1. The van der Waals surface area contributed by atoms with Crippen molar-refractivity contribution in [2.45, 2.75) is 39.4 Å². The summed E-state index contributed by atoms with van der Waals surface area (Å²) in [6.07, 6.45) is 0. The summed E-state index contributed by atoms with van der Waals surface area (Å²) in [5.74, 6) is 0.0633. The van der Waals surface area contributed by atoms with Crippen LogP contribution in [0.1, 0.15) is 36.8 Å². The molecule has 152 valence electrons. The fourth-order valence-corrected chi connectivity index (χ4v) is 3.80. The minimum Gasteiger partial charge on any atom is -0.353 e. The maximum Gasteiger partial charge on any atom is 0.278 e. The first-order valence-electron chi connectivity index (χ1n) is 9.38. The summed E-state index contributed by atoms with van der Waals surface area (Å²) in [5.41, 5.74) is 2.92. The summed E-state index contributed by atoms with van der Waals surface area (Å²) in [4.78, 5) is 44.5. The molecule has 2 aromatic heterocycles. The molecule has 7 nitrogen and oxygen atoms in total. The Hall–Kier alpha value is -2.87. The molecular formula is C21H24N4O3S. The number of benzene rings is 1. The fraction of sp³-hybridized carbons (Fsp3) is 0.333. The summed E-state index contributed by atoms with van der Waals surface area (Å²) in [6, 6.07) is 8.63. The summed E-state index contributed by atoms with van der Waals surface area (Å²) >= 11 is 1.22. The quantitative estimate of drug-likeness (QED) is 0.351. The summed E-state index contributed by atoms with van der Waals surface area (Å²) in [5, 5.41) is 3.31. The molecule has 0 aliphatic heterocycles. The number of aromatic amines is 1. The molecule has 8 heteroatoms. The molecule has 0 aliphatic carbocycles. The van der Waals surface area contributed by atoms with E-state index in [4.69, 9.17) is 0 Å². The van der Waals surface area contributed by atoms with E-state index in [9.17, 15) is 14.4 Å². The zero-order valence-electron chi connectivity index (χ0n) is 16.9. The van der Waals surface area contributed by atoms with Crippen LogP contribution in [0, 0.1) is 12.8 Å². The molecule has 0 aliphatic rings. The van der Waals surface area contributed by atoms with E-state index >= 15 is 0 Å². The Morgan fingerprint density at radius 3 is 2.72 bits per heavy atom. The lowest BCUT2D eigenvalue weighted by Gasteiger charge is -2.14. The highest BCUT2D eigenvalue weighted by atomic mass is 32.2. The minimum absolute atomic E-state index is 0.0625. The van der Waals surface area contributed by atoms with E-state index < -0.39 is 0 Å². The number of fused-ring (bicyclic) bond motifs is 1. The maximum atomic E-state index is 12.9. The number of aryl methyl sites for hydroxylation is 1. The van der Waals surface area contributed by atoms with Crippen molar-refractivity contribution < 1.29 is 9.59 Å². The molecule has 0 spiro atoms. The summed E-state index contributed by atoms with van der Waals surface area (Å²) in [7, 11) is 0. The Labute approximate surface area is 172 Å². The Morgan fingerprint density at radius 2 is 2.03 bits per heavy atom. The van der Waals surface area contributed by atoms with Crippen LogP contribution in [0.25, 0.3) is 11.0 Å². The fourth-order valence-electron chi connectivity index (χ4n) is 2.99. The molecule has 0 saturated carbocycles. The van der Waals surface area contributed by atoms with Gasteiger partial charge < -0.3 is 10.3 Å². The SMILES string of the molecule is CC(=O)c1cccc(NC(=O)CSc2nc3cc(C)[nH]c3c(=O)n2CC(C)C)c1. The van der Waals surface area contributed by atoms with Crippen molar-refractivity contribution >= 4 is 40.2 Å². The number of anilines is 1. The van der Waals surface area contributed by atoms with Crippen molar-refractivity contribution in [2.75, 3.05) is 11.1 Å². The molecule has 0 unspecified atom stereocenters. The Bertz CT molecular complexity index is 1130. The van der Waals surface area contributed by atoms with Crippen LogP contribution in [0.2, 0.25) is 0 Å². The highest BCUT2D eigenvalue weighted by Crippen LogP contribution is 2.20. The van der Waals surface area contributed by atoms with E-state index in [0.717, 1.165) is 5.69 Å². The van der Waals surface area contributed by atoms with Gasteiger partial charge in [0.15, 0.2) is 10.9 Å². The van der Waals surface area contributed by atoms with Gasteiger partial charge in [0, 0.05) is 23.5 Å². The predicted molar refractivity (Wildman–Crippen MR) is 116 cm³/mol. The van der Waals surface area contributed by atoms with Crippen LogP contribution < -0.4 is 10.9 Å². The number of nitrogens with zero attached hydrogens (tertiary/aromatic N) is 2. The van der Waals surface area contributed by atoms with Gasteiger partial charge >= 0.3 is 0 Å². The normalized spacial score (nSPS) is 11.2. The lowest BCUT2D eigenvalue weighted by molar-refractivity contribution is -0.113. The largest absolute Gasteiger partial charge is 0.353 e. The zero-order valence-corrected chi connectivity index (χ0v) is 17.7. The molecule has 0 fully saturated rings. The van der Waals surface area contributed by atoms with Crippen molar-refractivity contribution in [1.29, 1.82) is 0 Å². The minimum atomic E-state index is -0.230. The van der Waals surface area contributed by atoms with Crippen molar-refractivity contribution in [3.63, 3.8) is 0 Å². The van der Waals surface area contributed by atoms with Crippen molar-refractivity contribution in [3.05, 3.63) is 51.9 Å². The van der Waals surface area contributed by atoms with Crippen molar-refractivity contribution in [2.24, 2.45) is 5.92 Å². The first-order chi connectivity index (χ1) is 13.7. The zero-order chi connectivity index (χ0) is 21.1. The number of nitrogens with one attached hydrogen (secondary N) is 2. The Balaban J connectivity index is 1.80. The Kier molecular flexibility index (Phi) is 6.22. The molecule has 3 rings (SSSR count). The maximum absolute atomic E-state index is 12.9. The molecule has 3 aromatic rings. The number of Topliss-reactive ketones (excluding diaryl/α,β-unsaturated/α-hetero) is 1. The number of amides is 1. The number of carbonyl (C=O) groups excluding carboxylic acids is 2. The molecule has 2 N–H and O–H groups in total. The number of thioether (sulfide) groups is 1. The number of hydrogen-bond donors (Lipinski definition) is 2. The number of hydrogen-bond acceptors (Lipinski definition) is 5. The third kappa shape index (κ3) is 4.95. The van der Waals surface area contributed by atoms with E-state index in [1.807, 2.05) is 26.8 Å². The molecule has 0 atom stereocenters. The lowest BCUT2D eigenvalue weighted by Crippen LogP contribution is -2.26. The number of aromatic nitrogens is 3. The van der Waals surface area contributed by atoms with Gasteiger partial charge in [0.25, 0.3) is 5.56 Å². The van der Waals surface area contributed by atoms with Crippen molar-refractivity contribution in [1.82, 2.24) is 14.5 Å². The van der Waals surface area contributed by atoms with Crippen LogP contribution in [0.15, 0.2) is 40.3 Å². The molecule has 2 heterocycles. The second-order valence-electron chi connectivity index (χ2n) is 7.39. The summed E-state index contributed by atoms with van der Waals surface area (Å²) in [6.45, 7) is 7.93. The highest BCUT2D eigenvalue weighted by molar-refractivity contribution is 7.99. The third-order valence-corrected chi connectivity index (χ3v) is 5.25. The monoisotopic (exact) mass is 412 g/mol. The van der Waals surface area contributed by atoms with Crippen LogP contribution in [0.5, 0.6) is 0 Å². The number of H-pyrrole nitrogens is 1. The number of rotatable bonds is 7. The van der Waals surface area contributed by atoms with Gasteiger partial charge in [0.05, 0.1) is 11.3 Å². The van der Waals surface area contributed by atoms with Gasteiger partial charge in [-0.05, 0) is 38.0 Å². The van der Waals surface area contributed by atoms with Gasteiger partial charge in [0.2, 0.25) is 5.91 Å². The molecule has 1 amide bonds. The smallest absolute Gasteiger partial charge is 0.278 e. The summed E-state index contributed by atoms with van der Waals surface area (Å²) < 4.78 is 1.62. The molecular weight excluding hydrogens is 388 g/mol. The van der Waals surface area contributed by atoms with Crippen LogP contribution in [0.3, 0.4) is 0 Å². The highest BCUT2D eigenvalue weighted by Gasteiger charge is 2.16. The number of carbonyl (C=O) groups is 2. The topological polar surface area (TPSA) is 96.8 Å². The van der Waals surface area contributed by atoms with Crippen LogP contribution >= 0.6 is 11.8 Å². The second-order valence-corrected chi connectivity index (χ2v) is 8.33. The van der Waals surface area contributed by atoms with Gasteiger partial charge in [-0.2, -0.15) is 0 Å². The van der Waals surface area contributed by atoms with E-state index in [1.165, 1.54) is 18.7 Å². The standard InChI is InChI=1S/C21H24N4O3S/c1-12(2)10-25-20(28)19-17(8-13(3)22-19)24-21(25)29-11-18(27)23-16-7-5-6-15(9-16)14(4)26/h5-9,12,22H,10-11H2,1-4H3,(H,23,27). The van der Waals surface area contributed by atoms with Crippen molar-refractivity contribution in [3.8, 4) is 0 Å². The molecule has 29 heavy (non-hydrogen) atoms. The number of ketones is 1. The van der Waals surface area contributed by atoms with Crippen LogP contribution in [-0.2, 0) is 11.3 Å². The van der Waals surface area contributed by atoms with Gasteiger partial charge in [-0.3, -0.25) is 19.0 Å². The van der Waals surface area contributed by atoms with Gasteiger partial charge in [-0.25, -0.2) is 4.98 Å². The van der Waals surface area contributed by atoms with Crippen LogP contribution in [-0.4, -0.2) is 32.0 Å². The molecule has 0 radical (unpaired) electrons. The average molecular weight is 413 g/mol. The molecule has 0 bridgehead atoms. The predicted octanol–water partition coefficient (Wildman–Crippen LogP) is 3.62. The van der Waals surface area contributed by atoms with Gasteiger partial charge in [0.1, 0.15) is 5.52 Å². The molecule has 0 saturated heterocycles. The van der Waals surface area contributed by atoms with Gasteiger partial charge in [-0.1, -0.05) is 37.7 Å². The Morgan fingerprint density at radius 1 is 1.28 bits per heavy atom. The first-order valence-corrected chi connectivity index (χ1v) is 10.4. The van der Waals surface area contributed by atoms with E-state index in [1.54, 1.807) is 28.8 Å². The third-order valence-electron chi connectivity index (χ3n) is 4.27. The van der Waals surface area contributed by atoms with E-state index in [-0.39, 0.29) is 28.9 Å². The molecule has 1 aromatic carbocycles. The first kappa shape index (κ1) is 20.9. The van der Waals surface area contributed by atoms with E-state index in [0.29, 0.717) is 34.0 Å². The van der Waals surface area contributed by atoms with Gasteiger partial charge in [-0.15, -0.1) is 0 Å². The van der Waals surface area contributed by atoms with Crippen LogP contribution in [0.4, 0.5) is 5.69 Å². The second kappa shape index (κ2) is 8.65. The average Bonchev–Trinajstić information content (AvgIpc) is 3.03.